The predicted molar refractivity (Wildman–Crippen MR) is 61.2 cm³/mol. The van der Waals surface area contributed by atoms with Crippen LogP contribution in [-0.4, -0.2) is 14.7 Å². The first-order chi connectivity index (χ1) is 6.11. The molecule has 86 valence electrons. The summed E-state index contributed by atoms with van der Waals surface area (Å²) in [5.74, 6) is 0. The summed E-state index contributed by atoms with van der Waals surface area (Å²) in [7, 11) is -3.05. The molecule has 0 aliphatic rings. The van der Waals surface area contributed by atoms with Crippen LogP contribution in [0.1, 0.15) is 35.1 Å². The second kappa shape index (κ2) is 10.3. The summed E-state index contributed by atoms with van der Waals surface area (Å²) in [5.41, 5.74) is 0. The molecule has 14 heavy (non-hydrogen) atoms. The zero-order valence-corrected chi connectivity index (χ0v) is 9.68. The van der Waals surface area contributed by atoms with Crippen LogP contribution in [0.15, 0.2) is 27.9 Å². The topological polar surface area (TPSA) is 47.3 Å². The smallest absolute Gasteiger partial charge is 0.178 e. The van der Waals surface area contributed by atoms with E-state index in [0.717, 1.165) is 6.26 Å². The highest BCUT2D eigenvalue weighted by atomic mass is 32.2. The Bertz CT molecular complexity index is 272. The molecule has 4 heteroatoms. The molecule has 0 aromatic carbocycles. The molecule has 1 aromatic heterocycles. The molecule has 0 bridgehead atoms. The SMILES string of the molecule is C.CC.CC.CS(=O)(=O)c1ccoc1. The summed E-state index contributed by atoms with van der Waals surface area (Å²) in [5, 5.41) is 0. The van der Waals surface area contributed by atoms with Gasteiger partial charge < -0.3 is 4.42 Å². The van der Waals surface area contributed by atoms with Gasteiger partial charge in [0, 0.05) is 6.26 Å². The van der Waals surface area contributed by atoms with Crippen molar-refractivity contribution in [1.82, 2.24) is 0 Å². The van der Waals surface area contributed by atoms with E-state index in [4.69, 9.17) is 0 Å². The molecule has 0 amide bonds. The maximum absolute atomic E-state index is 10.6. The quantitative estimate of drug-likeness (QED) is 0.732. The molecular weight excluding hydrogens is 200 g/mol. The Morgan fingerprint density at radius 1 is 1.14 bits per heavy atom. The lowest BCUT2D eigenvalue weighted by Gasteiger charge is -1.85. The lowest BCUT2D eigenvalue weighted by Crippen LogP contribution is -1.93. The van der Waals surface area contributed by atoms with Gasteiger partial charge in [0.2, 0.25) is 0 Å². The van der Waals surface area contributed by atoms with E-state index in [0.29, 0.717) is 0 Å². The number of hydrogen-bond donors (Lipinski definition) is 0. The van der Waals surface area contributed by atoms with E-state index in [1.54, 1.807) is 0 Å². The fourth-order valence-electron chi connectivity index (χ4n) is 0.463. The Balaban J connectivity index is -0.000000216. The van der Waals surface area contributed by atoms with Crippen molar-refractivity contribution in [3.63, 3.8) is 0 Å². The third-order valence-electron chi connectivity index (χ3n) is 0.923. The lowest BCUT2D eigenvalue weighted by molar-refractivity contribution is 0.557. The summed E-state index contributed by atoms with van der Waals surface area (Å²) in [6.07, 6.45) is 3.67. The first kappa shape index (κ1) is 18.9. The summed E-state index contributed by atoms with van der Waals surface area (Å²) < 4.78 is 25.8. The fraction of sp³-hybridized carbons (Fsp3) is 0.600. The summed E-state index contributed by atoms with van der Waals surface area (Å²) in [4.78, 5) is 0.225. The highest BCUT2D eigenvalue weighted by Crippen LogP contribution is 2.06. The van der Waals surface area contributed by atoms with Crippen LogP contribution in [0.2, 0.25) is 0 Å². The van der Waals surface area contributed by atoms with Crippen LogP contribution >= 0.6 is 0 Å². The Hall–Kier alpha value is -0.770. The van der Waals surface area contributed by atoms with E-state index >= 15 is 0 Å². The van der Waals surface area contributed by atoms with Crippen LogP contribution in [0.3, 0.4) is 0 Å². The third-order valence-corrected chi connectivity index (χ3v) is 2.01. The number of furan rings is 1. The van der Waals surface area contributed by atoms with Gasteiger partial charge in [-0.15, -0.1) is 0 Å². The van der Waals surface area contributed by atoms with Crippen LogP contribution in [-0.2, 0) is 9.84 Å². The highest BCUT2D eigenvalue weighted by Gasteiger charge is 2.05. The van der Waals surface area contributed by atoms with Gasteiger partial charge in [0.25, 0.3) is 0 Å². The van der Waals surface area contributed by atoms with Crippen LogP contribution < -0.4 is 0 Å². The maximum Gasteiger partial charge on any atom is 0.178 e. The monoisotopic (exact) mass is 222 g/mol. The molecule has 0 saturated carbocycles. The molecule has 0 aliphatic heterocycles. The summed E-state index contributed by atoms with van der Waals surface area (Å²) in [6.45, 7) is 8.00. The van der Waals surface area contributed by atoms with Gasteiger partial charge >= 0.3 is 0 Å². The normalized spacial score (nSPS) is 8.36. The van der Waals surface area contributed by atoms with E-state index in [1.165, 1.54) is 18.6 Å². The van der Waals surface area contributed by atoms with E-state index in [9.17, 15) is 8.42 Å². The zero-order valence-electron chi connectivity index (χ0n) is 8.87. The lowest BCUT2D eigenvalue weighted by atomic mass is 10.7. The van der Waals surface area contributed by atoms with E-state index < -0.39 is 9.84 Å². The molecule has 0 unspecified atom stereocenters. The molecule has 3 nitrogen and oxygen atoms in total. The molecule has 0 radical (unpaired) electrons. The van der Waals surface area contributed by atoms with Crippen LogP contribution in [0.5, 0.6) is 0 Å². The molecule has 1 aromatic rings. The standard InChI is InChI=1S/C5H6O3S.2C2H6.CH4/c1-9(6,7)5-2-3-8-4-5;2*1-2;/h2-4H,1H3;2*1-2H3;1H4. The van der Waals surface area contributed by atoms with Crippen molar-refractivity contribution in [2.45, 2.75) is 40.0 Å². The first-order valence-corrected chi connectivity index (χ1v) is 6.22. The molecule has 0 aliphatic carbocycles. The van der Waals surface area contributed by atoms with Crippen molar-refractivity contribution in [2.24, 2.45) is 0 Å². The largest absolute Gasteiger partial charge is 0.471 e. The van der Waals surface area contributed by atoms with Crippen molar-refractivity contribution >= 4 is 9.84 Å². The predicted octanol–water partition coefficient (Wildman–Crippen LogP) is 3.37. The highest BCUT2D eigenvalue weighted by molar-refractivity contribution is 7.90. The summed E-state index contributed by atoms with van der Waals surface area (Å²) >= 11 is 0. The molecule has 0 saturated heterocycles. The molecular formula is C10H22O3S. The van der Waals surface area contributed by atoms with Gasteiger partial charge in [0.05, 0.1) is 6.26 Å². The van der Waals surface area contributed by atoms with E-state index in [1.807, 2.05) is 27.7 Å². The van der Waals surface area contributed by atoms with Gasteiger partial charge in [0.15, 0.2) is 9.84 Å². The molecule has 1 heterocycles. The van der Waals surface area contributed by atoms with Crippen molar-refractivity contribution in [2.75, 3.05) is 6.26 Å². The Kier molecular flexibility index (Phi) is 13.9. The second-order valence-electron chi connectivity index (χ2n) is 1.73. The van der Waals surface area contributed by atoms with Crippen molar-refractivity contribution < 1.29 is 12.8 Å². The minimum Gasteiger partial charge on any atom is -0.471 e. The first-order valence-electron chi connectivity index (χ1n) is 4.33. The van der Waals surface area contributed by atoms with Gasteiger partial charge in [-0.1, -0.05) is 35.1 Å². The third kappa shape index (κ3) is 7.86. The number of sulfone groups is 1. The number of hydrogen-bond acceptors (Lipinski definition) is 3. The average molecular weight is 222 g/mol. The van der Waals surface area contributed by atoms with E-state index in [-0.39, 0.29) is 12.3 Å². The Labute approximate surface area is 88.1 Å². The maximum atomic E-state index is 10.6. The van der Waals surface area contributed by atoms with Crippen molar-refractivity contribution in [3.05, 3.63) is 18.6 Å². The van der Waals surface area contributed by atoms with Crippen LogP contribution in [0, 0.1) is 0 Å². The second-order valence-corrected chi connectivity index (χ2v) is 3.75. The summed E-state index contributed by atoms with van der Waals surface area (Å²) in [6, 6.07) is 1.41. The Morgan fingerprint density at radius 2 is 1.57 bits per heavy atom. The fourth-order valence-corrected chi connectivity index (χ4v) is 0.996. The van der Waals surface area contributed by atoms with Crippen molar-refractivity contribution in [1.29, 1.82) is 0 Å². The van der Waals surface area contributed by atoms with Crippen LogP contribution in [0.4, 0.5) is 0 Å². The zero-order chi connectivity index (χ0) is 10.9. The van der Waals surface area contributed by atoms with E-state index in [2.05, 4.69) is 4.42 Å². The van der Waals surface area contributed by atoms with Gasteiger partial charge in [-0.25, -0.2) is 8.42 Å². The van der Waals surface area contributed by atoms with Gasteiger partial charge in [-0.05, 0) is 6.07 Å². The minimum atomic E-state index is -3.05. The molecule has 0 fully saturated rings. The molecule has 0 spiro atoms. The van der Waals surface area contributed by atoms with Crippen molar-refractivity contribution in [3.8, 4) is 0 Å². The minimum absolute atomic E-state index is 0. The van der Waals surface area contributed by atoms with Gasteiger partial charge in [-0.3, -0.25) is 0 Å². The van der Waals surface area contributed by atoms with Crippen LogP contribution in [0.25, 0.3) is 0 Å². The molecule has 1 rings (SSSR count). The number of rotatable bonds is 1. The van der Waals surface area contributed by atoms with Gasteiger partial charge in [-0.2, -0.15) is 0 Å². The molecule has 0 N–H and O–H groups in total. The average Bonchev–Trinajstić information content (AvgIpc) is 2.63. The van der Waals surface area contributed by atoms with Gasteiger partial charge in [0.1, 0.15) is 11.2 Å². The molecule has 0 atom stereocenters. The Morgan fingerprint density at radius 3 is 1.71 bits per heavy atom.